The number of benzene rings is 1. The predicted molar refractivity (Wildman–Crippen MR) is 53.2 cm³/mol. The number of rotatable bonds is 5. The minimum absolute atomic E-state index is 0.0202. The molecule has 1 aromatic rings. The van der Waals surface area contributed by atoms with Crippen molar-refractivity contribution in [3.8, 4) is 0 Å². The Morgan fingerprint density at radius 2 is 2.29 bits per heavy atom. The summed E-state index contributed by atoms with van der Waals surface area (Å²) in [6.07, 6.45) is 0. The van der Waals surface area contributed by atoms with Crippen LogP contribution in [-0.2, 0) is 11.3 Å². The summed E-state index contributed by atoms with van der Waals surface area (Å²) < 4.78 is 5.14. The molecule has 0 heterocycles. The summed E-state index contributed by atoms with van der Waals surface area (Å²) in [6.45, 7) is 2.31. The molecule has 0 aromatic heterocycles. The Morgan fingerprint density at radius 3 is 2.93 bits per heavy atom. The highest BCUT2D eigenvalue weighted by Crippen LogP contribution is 2.07. The van der Waals surface area contributed by atoms with Crippen LogP contribution < -0.4 is 0 Å². The number of hydrogen-bond donors (Lipinski definition) is 1. The van der Waals surface area contributed by atoms with Crippen LogP contribution in [0, 0.1) is 0 Å². The lowest BCUT2D eigenvalue weighted by atomic mass is 10.1. The summed E-state index contributed by atoms with van der Waals surface area (Å²) in [5.74, 6) is 0.0500. The van der Waals surface area contributed by atoms with Crippen LogP contribution in [-0.4, -0.2) is 24.1 Å². The largest absolute Gasteiger partial charge is 0.394 e. The van der Waals surface area contributed by atoms with Crippen LogP contribution in [0.15, 0.2) is 24.3 Å². The van der Waals surface area contributed by atoms with Crippen molar-refractivity contribution in [2.24, 2.45) is 0 Å². The summed E-state index contributed by atoms with van der Waals surface area (Å²) in [4.78, 5) is 11.0. The molecule has 0 saturated carbocycles. The minimum atomic E-state index is 0.0202. The van der Waals surface area contributed by atoms with E-state index in [-0.39, 0.29) is 12.4 Å². The molecule has 0 bridgehead atoms. The van der Waals surface area contributed by atoms with E-state index in [0.29, 0.717) is 18.8 Å². The third-order valence-electron chi connectivity index (χ3n) is 1.84. The number of carbonyl (C=O) groups is 1. The second kappa shape index (κ2) is 5.52. The molecule has 0 spiro atoms. The minimum Gasteiger partial charge on any atom is -0.394 e. The van der Waals surface area contributed by atoms with Crippen LogP contribution in [0.1, 0.15) is 22.8 Å². The molecule has 0 aliphatic heterocycles. The van der Waals surface area contributed by atoms with E-state index in [4.69, 9.17) is 9.84 Å². The monoisotopic (exact) mass is 194 g/mol. The van der Waals surface area contributed by atoms with Gasteiger partial charge in [0.1, 0.15) is 0 Å². The molecule has 0 aliphatic rings. The average molecular weight is 194 g/mol. The molecule has 0 radical (unpaired) electrons. The maximum Gasteiger partial charge on any atom is 0.159 e. The summed E-state index contributed by atoms with van der Waals surface area (Å²) in [7, 11) is 0. The van der Waals surface area contributed by atoms with Gasteiger partial charge in [0.25, 0.3) is 0 Å². The molecule has 0 saturated heterocycles. The summed E-state index contributed by atoms with van der Waals surface area (Å²) in [6, 6.07) is 7.30. The van der Waals surface area contributed by atoms with Crippen LogP contribution in [0.2, 0.25) is 0 Å². The highest BCUT2D eigenvalue weighted by molar-refractivity contribution is 5.94. The van der Waals surface area contributed by atoms with Gasteiger partial charge in [-0.1, -0.05) is 18.2 Å². The quantitative estimate of drug-likeness (QED) is 0.569. The Balaban J connectivity index is 2.59. The molecule has 14 heavy (non-hydrogen) atoms. The Hall–Kier alpha value is -1.19. The fourth-order valence-corrected chi connectivity index (χ4v) is 1.13. The first-order valence-corrected chi connectivity index (χ1v) is 4.52. The molecule has 1 aromatic carbocycles. The molecule has 3 nitrogen and oxygen atoms in total. The molecule has 3 heteroatoms. The van der Waals surface area contributed by atoms with Gasteiger partial charge in [0.05, 0.1) is 19.8 Å². The van der Waals surface area contributed by atoms with E-state index in [2.05, 4.69) is 0 Å². The zero-order chi connectivity index (χ0) is 10.4. The van der Waals surface area contributed by atoms with Gasteiger partial charge in [-0.25, -0.2) is 0 Å². The number of aliphatic hydroxyl groups excluding tert-OH is 1. The van der Waals surface area contributed by atoms with Crippen molar-refractivity contribution in [1.82, 2.24) is 0 Å². The highest BCUT2D eigenvalue weighted by atomic mass is 16.5. The van der Waals surface area contributed by atoms with Gasteiger partial charge in [0, 0.05) is 5.56 Å². The van der Waals surface area contributed by atoms with E-state index in [9.17, 15) is 4.79 Å². The van der Waals surface area contributed by atoms with Gasteiger partial charge in [0.15, 0.2) is 5.78 Å². The lowest BCUT2D eigenvalue weighted by Gasteiger charge is -2.03. The number of ketones is 1. The molecular formula is C11H14O3. The SMILES string of the molecule is CC(=O)c1cccc(COCCO)c1. The van der Waals surface area contributed by atoms with Gasteiger partial charge >= 0.3 is 0 Å². The molecule has 76 valence electrons. The third kappa shape index (κ3) is 3.28. The third-order valence-corrected chi connectivity index (χ3v) is 1.84. The summed E-state index contributed by atoms with van der Waals surface area (Å²) in [5, 5.41) is 8.51. The van der Waals surface area contributed by atoms with Crippen LogP contribution >= 0.6 is 0 Å². The Bertz CT molecular complexity index is 307. The van der Waals surface area contributed by atoms with E-state index in [1.54, 1.807) is 12.1 Å². The van der Waals surface area contributed by atoms with Crippen molar-refractivity contribution >= 4 is 5.78 Å². The molecule has 0 unspecified atom stereocenters. The predicted octanol–water partition coefficient (Wildman–Crippen LogP) is 1.40. The van der Waals surface area contributed by atoms with Crippen LogP contribution in [0.5, 0.6) is 0 Å². The van der Waals surface area contributed by atoms with Crippen LogP contribution in [0.4, 0.5) is 0 Å². The van der Waals surface area contributed by atoms with Gasteiger partial charge in [-0.05, 0) is 18.6 Å². The smallest absolute Gasteiger partial charge is 0.159 e. The fourth-order valence-electron chi connectivity index (χ4n) is 1.13. The lowest BCUT2D eigenvalue weighted by Crippen LogP contribution is -2.00. The Kier molecular flexibility index (Phi) is 4.29. The summed E-state index contributed by atoms with van der Waals surface area (Å²) >= 11 is 0. The standard InChI is InChI=1S/C11H14O3/c1-9(13)11-4-2-3-10(7-11)8-14-6-5-12/h2-4,7,12H,5-6,8H2,1H3. The van der Waals surface area contributed by atoms with Crippen molar-refractivity contribution in [3.05, 3.63) is 35.4 Å². The first-order valence-electron chi connectivity index (χ1n) is 4.52. The normalized spacial score (nSPS) is 10.1. The lowest BCUT2D eigenvalue weighted by molar-refractivity contribution is 0.0814. The van der Waals surface area contributed by atoms with Gasteiger partial charge in [-0.2, -0.15) is 0 Å². The molecule has 0 atom stereocenters. The average Bonchev–Trinajstić information content (AvgIpc) is 2.19. The van der Waals surface area contributed by atoms with Gasteiger partial charge in [0.2, 0.25) is 0 Å². The molecule has 0 amide bonds. The zero-order valence-corrected chi connectivity index (χ0v) is 8.19. The van der Waals surface area contributed by atoms with Crippen molar-refractivity contribution in [1.29, 1.82) is 0 Å². The first-order chi connectivity index (χ1) is 6.74. The van der Waals surface area contributed by atoms with E-state index in [1.807, 2.05) is 12.1 Å². The van der Waals surface area contributed by atoms with Gasteiger partial charge < -0.3 is 9.84 Å². The van der Waals surface area contributed by atoms with E-state index >= 15 is 0 Å². The molecule has 1 rings (SSSR count). The van der Waals surface area contributed by atoms with E-state index in [1.165, 1.54) is 6.92 Å². The highest BCUT2D eigenvalue weighted by Gasteiger charge is 1.99. The molecular weight excluding hydrogens is 180 g/mol. The first kappa shape index (κ1) is 10.9. The van der Waals surface area contributed by atoms with Crippen molar-refractivity contribution in [3.63, 3.8) is 0 Å². The topological polar surface area (TPSA) is 46.5 Å². The maximum atomic E-state index is 11.0. The number of ether oxygens (including phenoxy) is 1. The number of Topliss-reactive ketones (excluding diaryl/α,β-unsaturated/α-hetero) is 1. The summed E-state index contributed by atoms with van der Waals surface area (Å²) in [5.41, 5.74) is 1.64. The van der Waals surface area contributed by atoms with Gasteiger partial charge in [-0.3, -0.25) is 4.79 Å². The van der Waals surface area contributed by atoms with Crippen molar-refractivity contribution < 1.29 is 14.6 Å². The number of hydrogen-bond acceptors (Lipinski definition) is 3. The number of carbonyl (C=O) groups excluding carboxylic acids is 1. The van der Waals surface area contributed by atoms with E-state index < -0.39 is 0 Å². The second-order valence-corrected chi connectivity index (χ2v) is 3.03. The maximum absolute atomic E-state index is 11.0. The van der Waals surface area contributed by atoms with E-state index in [0.717, 1.165) is 5.56 Å². The molecule has 0 aliphatic carbocycles. The van der Waals surface area contributed by atoms with Crippen molar-refractivity contribution in [2.75, 3.05) is 13.2 Å². The molecule has 0 fully saturated rings. The zero-order valence-electron chi connectivity index (χ0n) is 8.19. The van der Waals surface area contributed by atoms with Crippen LogP contribution in [0.25, 0.3) is 0 Å². The van der Waals surface area contributed by atoms with Gasteiger partial charge in [-0.15, -0.1) is 0 Å². The number of aliphatic hydroxyl groups is 1. The Morgan fingerprint density at radius 1 is 1.50 bits per heavy atom. The van der Waals surface area contributed by atoms with Crippen molar-refractivity contribution in [2.45, 2.75) is 13.5 Å². The second-order valence-electron chi connectivity index (χ2n) is 3.03. The Labute approximate surface area is 83.3 Å². The van der Waals surface area contributed by atoms with Crippen LogP contribution in [0.3, 0.4) is 0 Å². The fraction of sp³-hybridized carbons (Fsp3) is 0.364. The molecule has 1 N–H and O–H groups in total.